The van der Waals surface area contributed by atoms with Gasteiger partial charge >= 0.3 is 7.48 Å². The van der Waals surface area contributed by atoms with Gasteiger partial charge in [-0.05, 0) is 46.0 Å². The van der Waals surface area contributed by atoms with E-state index in [2.05, 4.69) is 4.99 Å². The molecule has 0 saturated carbocycles. The van der Waals surface area contributed by atoms with Gasteiger partial charge in [0.25, 0.3) is 0 Å². The Hall–Kier alpha value is -0.935. The molecular weight excluding hydrogens is 227 g/mol. The van der Waals surface area contributed by atoms with E-state index in [0.29, 0.717) is 5.84 Å². The van der Waals surface area contributed by atoms with E-state index in [1.165, 1.54) is 0 Å². The fraction of sp³-hybridized carbons (Fsp3) is 0.692. The second-order valence-electron chi connectivity index (χ2n) is 5.61. The Balaban J connectivity index is 2.62. The van der Waals surface area contributed by atoms with Gasteiger partial charge in [-0.3, -0.25) is 5.41 Å². The highest BCUT2D eigenvalue weighted by Gasteiger charge is 2.35. The summed E-state index contributed by atoms with van der Waals surface area (Å²) >= 11 is 0. The van der Waals surface area contributed by atoms with E-state index in [9.17, 15) is 5.11 Å². The Bertz CT molecular complexity index is 368. The molecule has 0 aromatic carbocycles. The zero-order valence-electron chi connectivity index (χ0n) is 11.7. The van der Waals surface area contributed by atoms with Crippen molar-refractivity contribution in [2.45, 2.75) is 58.2 Å². The number of hydrogen-bond acceptors (Lipinski definition) is 3. The highest BCUT2D eigenvalue weighted by molar-refractivity contribution is 6.46. The Morgan fingerprint density at radius 2 is 2.06 bits per heavy atom. The monoisotopic (exact) mass is 249 g/mol. The number of nitrogens with zero attached hydrogens (tertiary/aromatic N) is 1. The summed E-state index contributed by atoms with van der Waals surface area (Å²) in [6, 6.07) is 0. The predicted octanol–water partition coefficient (Wildman–Crippen LogP) is 2.29. The number of amidine groups is 1. The summed E-state index contributed by atoms with van der Waals surface area (Å²) in [5.41, 5.74) is -0.774. The maximum Gasteiger partial charge on any atom is 0.332 e. The molecule has 0 saturated heterocycles. The van der Waals surface area contributed by atoms with Crippen LogP contribution in [0.2, 0.25) is 0 Å². The molecule has 1 heterocycles. The molecule has 0 aromatic rings. The number of aliphatic hydroxyl groups is 1. The van der Waals surface area contributed by atoms with Crippen molar-refractivity contribution in [3.8, 4) is 0 Å². The molecule has 0 bridgehead atoms. The third-order valence-electron chi connectivity index (χ3n) is 3.33. The molecule has 18 heavy (non-hydrogen) atoms. The lowest BCUT2D eigenvalue weighted by Crippen LogP contribution is -2.48. The van der Waals surface area contributed by atoms with Crippen molar-refractivity contribution >= 4 is 19.5 Å². The largest absolute Gasteiger partial charge is 0.427 e. The summed E-state index contributed by atoms with van der Waals surface area (Å²) in [6.45, 7) is 7.12. The van der Waals surface area contributed by atoms with Crippen LogP contribution >= 0.6 is 0 Å². The second-order valence-corrected chi connectivity index (χ2v) is 5.61. The number of rotatable bonds is 4. The molecule has 1 radical (unpaired) electrons. The van der Waals surface area contributed by atoms with Crippen LogP contribution in [0.4, 0.5) is 0 Å². The molecule has 1 aliphatic rings. The van der Waals surface area contributed by atoms with Crippen LogP contribution in [-0.2, 0) is 4.65 Å². The van der Waals surface area contributed by atoms with Crippen LogP contribution in [0, 0.1) is 5.41 Å². The zero-order chi connectivity index (χ0) is 13.8. The van der Waals surface area contributed by atoms with Crippen molar-refractivity contribution in [3.05, 3.63) is 11.5 Å². The number of allylic oxidation sites excluding steroid dienone is 2. The Morgan fingerprint density at radius 3 is 2.67 bits per heavy atom. The third kappa shape index (κ3) is 4.39. The Labute approximate surface area is 110 Å². The standard InChI is InChI=1S/C13H22BN2O2/c1-12(2,17)13(3,4)18-14-10-7-5-6-8-11(15)16-9-10/h7,9,15,17H,5-6,8H2,1-4H3/b10-7+,15-11?,16-9?. The molecule has 2 N–H and O–H groups in total. The van der Waals surface area contributed by atoms with Crippen LogP contribution in [0.5, 0.6) is 0 Å². The van der Waals surface area contributed by atoms with Crippen LogP contribution < -0.4 is 0 Å². The summed E-state index contributed by atoms with van der Waals surface area (Å²) in [7, 11) is 1.61. The van der Waals surface area contributed by atoms with E-state index < -0.39 is 11.2 Å². The minimum absolute atomic E-state index is 0.399. The van der Waals surface area contributed by atoms with E-state index in [1.807, 2.05) is 19.9 Å². The lowest BCUT2D eigenvalue weighted by atomic mass is 9.82. The summed E-state index contributed by atoms with van der Waals surface area (Å²) in [6.07, 6.45) is 6.24. The number of aliphatic imine (C=N–C) groups is 1. The maximum absolute atomic E-state index is 9.99. The first kappa shape index (κ1) is 15.1. The van der Waals surface area contributed by atoms with Crippen LogP contribution in [0.1, 0.15) is 47.0 Å². The lowest BCUT2D eigenvalue weighted by molar-refractivity contribution is -0.0895. The minimum Gasteiger partial charge on any atom is -0.427 e. The Morgan fingerprint density at radius 1 is 1.39 bits per heavy atom. The smallest absolute Gasteiger partial charge is 0.332 e. The van der Waals surface area contributed by atoms with Gasteiger partial charge in [-0.1, -0.05) is 6.08 Å². The normalized spacial score (nSPS) is 20.9. The molecule has 1 rings (SSSR count). The molecule has 0 fully saturated rings. The van der Waals surface area contributed by atoms with E-state index in [1.54, 1.807) is 27.5 Å². The molecular formula is C13H22BN2O2. The minimum atomic E-state index is -0.935. The molecule has 4 nitrogen and oxygen atoms in total. The van der Waals surface area contributed by atoms with Gasteiger partial charge in [0.15, 0.2) is 0 Å². The maximum atomic E-state index is 9.99. The summed E-state index contributed by atoms with van der Waals surface area (Å²) in [4.78, 5) is 4.04. The SMILES string of the molecule is CC(C)(O)C(C)(C)O[B]/C1=C/CCCC(=N)N=C1. The molecule has 0 unspecified atom stereocenters. The molecule has 0 aliphatic carbocycles. The predicted molar refractivity (Wildman–Crippen MR) is 75.4 cm³/mol. The number of nitrogens with one attached hydrogen (secondary N) is 1. The molecule has 0 spiro atoms. The zero-order valence-corrected chi connectivity index (χ0v) is 11.7. The van der Waals surface area contributed by atoms with Crippen molar-refractivity contribution < 1.29 is 9.76 Å². The Kier molecular flexibility index (Phi) is 4.88. The van der Waals surface area contributed by atoms with E-state index >= 15 is 0 Å². The fourth-order valence-electron chi connectivity index (χ4n) is 1.25. The quantitative estimate of drug-likeness (QED) is 0.750. The van der Waals surface area contributed by atoms with Crippen molar-refractivity contribution in [2.24, 2.45) is 4.99 Å². The molecule has 0 amide bonds. The van der Waals surface area contributed by atoms with Crippen LogP contribution in [0.25, 0.3) is 0 Å². The summed E-state index contributed by atoms with van der Waals surface area (Å²) in [5, 5.41) is 17.5. The van der Waals surface area contributed by atoms with Gasteiger partial charge in [0.05, 0.1) is 11.2 Å². The first-order valence-corrected chi connectivity index (χ1v) is 6.27. The average molecular weight is 249 g/mol. The van der Waals surface area contributed by atoms with Gasteiger partial charge in [-0.15, -0.1) is 0 Å². The molecule has 1 aliphatic heterocycles. The van der Waals surface area contributed by atoms with Crippen molar-refractivity contribution in [3.63, 3.8) is 0 Å². The van der Waals surface area contributed by atoms with Gasteiger partial charge in [0, 0.05) is 12.6 Å². The topological polar surface area (TPSA) is 65.7 Å². The van der Waals surface area contributed by atoms with Gasteiger partial charge < -0.3 is 9.76 Å². The highest BCUT2D eigenvalue weighted by atomic mass is 16.5. The van der Waals surface area contributed by atoms with E-state index in [-0.39, 0.29) is 0 Å². The van der Waals surface area contributed by atoms with E-state index in [4.69, 9.17) is 10.1 Å². The summed E-state index contributed by atoms with van der Waals surface area (Å²) < 4.78 is 5.66. The highest BCUT2D eigenvalue weighted by Crippen LogP contribution is 2.24. The van der Waals surface area contributed by atoms with Crippen molar-refractivity contribution in [1.82, 2.24) is 0 Å². The lowest BCUT2D eigenvalue weighted by Gasteiger charge is -2.37. The van der Waals surface area contributed by atoms with E-state index in [0.717, 1.165) is 24.7 Å². The van der Waals surface area contributed by atoms with Crippen LogP contribution in [0.3, 0.4) is 0 Å². The van der Waals surface area contributed by atoms with Gasteiger partial charge in [-0.25, -0.2) is 4.99 Å². The van der Waals surface area contributed by atoms with Gasteiger partial charge in [0.2, 0.25) is 0 Å². The number of hydrogen-bond donors (Lipinski definition) is 2. The van der Waals surface area contributed by atoms with Crippen molar-refractivity contribution in [1.29, 1.82) is 5.41 Å². The third-order valence-corrected chi connectivity index (χ3v) is 3.33. The molecule has 5 heteroatoms. The van der Waals surface area contributed by atoms with Gasteiger partial charge in [0.1, 0.15) is 5.84 Å². The second kappa shape index (κ2) is 5.80. The first-order chi connectivity index (χ1) is 8.22. The molecule has 99 valence electrons. The van der Waals surface area contributed by atoms with Crippen LogP contribution in [0.15, 0.2) is 16.5 Å². The summed E-state index contributed by atoms with van der Waals surface area (Å²) in [5.74, 6) is 0.399. The van der Waals surface area contributed by atoms with Crippen molar-refractivity contribution in [2.75, 3.05) is 0 Å². The van der Waals surface area contributed by atoms with Crippen LogP contribution in [-0.4, -0.2) is 35.8 Å². The van der Waals surface area contributed by atoms with Gasteiger partial charge in [-0.2, -0.15) is 0 Å². The molecule has 0 atom stereocenters. The molecule has 0 aromatic heterocycles. The average Bonchev–Trinajstić information content (AvgIpc) is 2.21. The first-order valence-electron chi connectivity index (χ1n) is 6.27. The fourth-order valence-corrected chi connectivity index (χ4v) is 1.25.